The molecule has 8 heteroatoms. The van der Waals surface area contributed by atoms with Gasteiger partial charge < -0.3 is 19.7 Å². The summed E-state index contributed by atoms with van der Waals surface area (Å²) in [5.41, 5.74) is 0.492. The highest BCUT2D eigenvalue weighted by Crippen LogP contribution is 2.37. The lowest BCUT2D eigenvalue weighted by Crippen LogP contribution is -2.02. The predicted octanol–water partition coefficient (Wildman–Crippen LogP) is 0.203. The zero-order valence-corrected chi connectivity index (χ0v) is 10.1. The molecule has 2 rings (SSSR count). The number of H-pyrrole nitrogens is 1. The normalized spacial score (nSPS) is 12.1. The van der Waals surface area contributed by atoms with Crippen molar-refractivity contribution in [1.29, 1.82) is 0 Å². The second kappa shape index (κ2) is 5.44. The minimum Gasteiger partial charge on any atom is -0.504 e. The van der Waals surface area contributed by atoms with Gasteiger partial charge in [-0.2, -0.15) is 5.21 Å². The van der Waals surface area contributed by atoms with Crippen molar-refractivity contribution in [2.45, 2.75) is 13.0 Å². The van der Waals surface area contributed by atoms with Gasteiger partial charge in [0.2, 0.25) is 5.82 Å². The number of aromatic amines is 1. The number of nitrogens with one attached hydrogen (secondary N) is 1. The Morgan fingerprint density at radius 3 is 2.89 bits per heavy atom. The molecule has 1 aromatic carbocycles. The molecule has 0 spiro atoms. The highest BCUT2D eigenvalue weighted by atomic mass is 16.5. The Morgan fingerprint density at radius 2 is 2.32 bits per heavy atom. The zero-order valence-electron chi connectivity index (χ0n) is 10.1. The van der Waals surface area contributed by atoms with Gasteiger partial charge in [-0.1, -0.05) is 0 Å². The molecule has 0 aliphatic heterocycles. The van der Waals surface area contributed by atoms with Crippen LogP contribution in [0.1, 0.15) is 18.6 Å². The maximum Gasteiger partial charge on any atom is 0.204 e. The molecule has 8 nitrogen and oxygen atoms in total. The number of carbonyl (C=O) groups excluding carboxylic acids is 1. The number of benzene rings is 1. The third-order valence-corrected chi connectivity index (χ3v) is 2.46. The Morgan fingerprint density at radius 1 is 1.53 bits per heavy atom. The first-order chi connectivity index (χ1) is 9.17. The number of aromatic nitrogens is 4. The minimum atomic E-state index is -1.45. The van der Waals surface area contributed by atoms with E-state index in [0.717, 1.165) is 0 Å². The molecule has 1 aromatic heterocycles. The number of nitrogens with zero attached hydrogens (tertiary/aromatic N) is 3. The van der Waals surface area contributed by atoms with Crippen molar-refractivity contribution in [3.63, 3.8) is 0 Å². The number of ether oxygens (including phenoxy) is 1. The van der Waals surface area contributed by atoms with E-state index in [1.165, 1.54) is 12.1 Å². The summed E-state index contributed by atoms with van der Waals surface area (Å²) in [6, 6.07) is 2.91. The molecule has 0 aliphatic rings. The van der Waals surface area contributed by atoms with Gasteiger partial charge in [-0.25, -0.2) is 0 Å². The highest BCUT2D eigenvalue weighted by molar-refractivity contribution is 5.69. The number of aliphatic hydroxyl groups excluding tert-OH is 1. The molecular formula is C11H12N4O4. The van der Waals surface area contributed by atoms with Gasteiger partial charge in [-0.3, -0.25) is 0 Å². The van der Waals surface area contributed by atoms with Crippen LogP contribution in [0.5, 0.6) is 11.5 Å². The molecule has 2 aromatic rings. The van der Waals surface area contributed by atoms with E-state index < -0.39 is 6.10 Å². The molecular weight excluding hydrogens is 252 g/mol. The van der Waals surface area contributed by atoms with Crippen LogP contribution in [0.15, 0.2) is 12.1 Å². The van der Waals surface area contributed by atoms with Gasteiger partial charge in [0.1, 0.15) is 6.10 Å². The van der Waals surface area contributed by atoms with Crippen molar-refractivity contribution in [3.8, 4) is 22.9 Å². The summed E-state index contributed by atoms with van der Waals surface area (Å²) in [5, 5.41) is 32.8. The summed E-state index contributed by atoms with van der Waals surface area (Å²) in [6.07, 6.45) is -1.14. The lowest BCUT2D eigenvalue weighted by atomic mass is 10.0. The second-order valence-electron chi connectivity index (χ2n) is 3.66. The number of rotatable bonds is 5. The lowest BCUT2D eigenvalue weighted by Gasteiger charge is -2.13. The van der Waals surface area contributed by atoms with E-state index in [0.29, 0.717) is 18.5 Å². The minimum absolute atomic E-state index is 0.0285. The Kier molecular flexibility index (Phi) is 3.71. The number of carbonyl (C=O) groups is 1. The van der Waals surface area contributed by atoms with Crippen LogP contribution in [0.3, 0.4) is 0 Å². The largest absolute Gasteiger partial charge is 0.504 e. The maximum atomic E-state index is 10.7. The number of aliphatic hydroxyl groups is 1. The summed E-state index contributed by atoms with van der Waals surface area (Å²) < 4.78 is 5.25. The van der Waals surface area contributed by atoms with Crippen molar-refractivity contribution in [2.24, 2.45) is 0 Å². The maximum absolute atomic E-state index is 10.7. The van der Waals surface area contributed by atoms with Crippen molar-refractivity contribution >= 4 is 6.29 Å². The summed E-state index contributed by atoms with van der Waals surface area (Å²) in [6.45, 7) is 2.07. The number of phenols is 1. The number of aldehydes is 1. The Bertz CT molecular complexity index is 570. The molecule has 0 amide bonds. The smallest absolute Gasteiger partial charge is 0.204 e. The summed E-state index contributed by atoms with van der Waals surface area (Å²) in [7, 11) is 0. The van der Waals surface area contributed by atoms with Crippen LogP contribution in [-0.2, 0) is 4.79 Å². The molecule has 3 N–H and O–H groups in total. The molecule has 19 heavy (non-hydrogen) atoms. The first-order valence-electron chi connectivity index (χ1n) is 5.54. The molecule has 0 saturated heterocycles. The van der Waals surface area contributed by atoms with E-state index in [1.807, 2.05) is 0 Å². The monoisotopic (exact) mass is 264 g/mol. The molecule has 0 radical (unpaired) electrons. The van der Waals surface area contributed by atoms with E-state index >= 15 is 0 Å². The van der Waals surface area contributed by atoms with Gasteiger partial charge >= 0.3 is 0 Å². The first kappa shape index (κ1) is 13.0. The third-order valence-electron chi connectivity index (χ3n) is 2.46. The van der Waals surface area contributed by atoms with Gasteiger partial charge in [-0.15, -0.1) is 10.2 Å². The quantitative estimate of drug-likeness (QED) is 0.659. The fourth-order valence-corrected chi connectivity index (χ4v) is 1.61. The fraction of sp³-hybridized carbons (Fsp3) is 0.273. The second-order valence-corrected chi connectivity index (χ2v) is 3.66. The van der Waals surface area contributed by atoms with Gasteiger partial charge in [0.25, 0.3) is 0 Å². The van der Waals surface area contributed by atoms with Crippen molar-refractivity contribution in [1.82, 2.24) is 20.6 Å². The standard InChI is InChI=1S/C11H12N4O4/c1-2-19-9-4-6(11-12-14-15-13-11)3-7(10(9)18)8(17)5-16/h3-5,8,17-18H,2H2,1H3,(H,12,13,14,15). The van der Waals surface area contributed by atoms with E-state index in [9.17, 15) is 15.0 Å². The van der Waals surface area contributed by atoms with Gasteiger partial charge in [0, 0.05) is 11.1 Å². The number of phenolic OH excluding ortho intramolecular Hbond substituents is 1. The van der Waals surface area contributed by atoms with Crippen molar-refractivity contribution in [3.05, 3.63) is 17.7 Å². The topological polar surface area (TPSA) is 121 Å². The molecule has 0 saturated carbocycles. The van der Waals surface area contributed by atoms with Crippen LogP contribution in [0, 0.1) is 0 Å². The zero-order chi connectivity index (χ0) is 13.8. The van der Waals surface area contributed by atoms with E-state index in [2.05, 4.69) is 20.6 Å². The third kappa shape index (κ3) is 2.52. The molecule has 0 fully saturated rings. The first-order valence-corrected chi connectivity index (χ1v) is 5.54. The number of hydrogen-bond acceptors (Lipinski definition) is 7. The number of aromatic hydroxyl groups is 1. The Balaban J connectivity index is 2.56. The summed E-state index contributed by atoms with van der Waals surface area (Å²) in [5.74, 6) is 0.120. The molecule has 1 atom stereocenters. The summed E-state index contributed by atoms with van der Waals surface area (Å²) >= 11 is 0. The number of tetrazole rings is 1. The lowest BCUT2D eigenvalue weighted by molar-refractivity contribution is -0.115. The van der Waals surface area contributed by atoms with Crippen LogP contribution in [0.2, 0.25) is 0 Å². The van der Waals surface area contributed by atoms with Crippen LogP contribution < -0.4 is 4.74 Å². The van der Waals surface area contributed by atoms with Crippen molar-refractivity contribution < 1.29 is 19.7 Å². The van der Waals surface area contributed by atoms with E-state index in [1.54, 1.807) is 6.92 Å². The Hall–Kier alpha value is -2.48. The van der Waals surface area contributed by atoms with Gasteiger partial charge in [-0.05, 0) is 24.3 Å². The van der Waals surface area contributed by atoms with E-state index in [4.69, 9.17) is 4.74 Å². The van der Waals surface area contributed by atoms with Crippen LogP contribution in [0.4, 0.5) is 0 Å². The fourth-order valence-electron chi connectivity index (χ4n) is 1.61. The van der Waals surface area contributed by atoms with Crippen LogP contribution in [-0.4, -0.2) is 43.7 Å². The van der Waals surface area contributed by atoms with Crippen molar-refractivity contribution in [2.75, 3.05) is 6.61 Å². The Labute approximate surface area is 108 Å². The average molecular weight is 264 g/mol. The van der Waals surface area contributed by atoms with E-state index in [-0.39, 0.29) is 22.9 Å². The molecule has 1 heterocycles. The molecule has 1 unspecified atom stereocenters. The molecule has 0 aliphatic carbocycles. The molecule has 0 bridgehead atoms. The highest BCUT2D eigenvalue weighted by Gasteiger charge is 2.19. The SMILES string of the molecule is CCOc1cc(-c2nn[nH]n2)cc(C(O)C=O)c1O. The number of hydrogen-bond donors (Lipinski definition) is 3. The average Bonchev–Trinajstić information content (AvgIpc) is 2.94. The summed E-state index contributed by atoms with van der Waals surface area (Å²) in [4.78, 5) is 10.7. The molecule has 100 valence electrons. The van der Waals surface area contributed by atoms with Crippen LogP contribution in [0.25, 0.3) is 11.4 Å². The van der Waals surface area contributed by atoms with Gasteiger partial charge in [0.15, 0.2) is 17.8 Å². The van der Waals surface area contributed by atoms with Crippen LogP contribution >= 0.6 is 0 Å². The van der Waals surface area contributed by atoms with Gasteiger partial charge in [0.05, 0.1) is 6.61 Å². The predicted molar refractivity (Wildman–Crippen MR) is 63.5 cm³/mol.